The van der Waals surface area contributed by atoms with Gasteiger partial charge in [-0.05, 0) is 6.92 Å². The molecular formula is C6H7N4O3. The van der Waals surface area contributed by atoms with Crippen molar-refractivity contribution in [3.05, 3.63) is 5.89 Å². The summed E-state index contributed by atoms with van der Waals surface area (Å²) in [4.78, 5) is 0. The number of nitrogens with zero attached hydrogens (tertiary/aromatic N) is 4. The van der Waals surface area contributed by atoms with Crippen molar-refractivity contribution in [3.8, 4) is 0 Å². The quantitative estimate of drug-likeness (QED) is 0.669. The van der Waals surface area contributed by atoms with Crippen molar-refractivity contribution in [3.63, 3.8) is 0 Å². The zero-order valence-corrected chi connectivity index (χ0v) is 6.84. The van der Waals surface area contributed by atoms with E-state index in [0.717, 1.165) is 0 Å². The van der Waals surface area contributed by atoms with Crippen LogP contribution in [-0.2, 0) is 11.3 Å². The van der Waals surface area contributed by atoms with E-state index in [1.807, 2.05) is 0 Å². The van der Waals surface area contributed by atoms with Gasteiger partial charge < -0.3 is 14.3 Å². The van der Waals surface area contributed by atoms with Gasteiger partial charge in [0.2, 0.25) is 5.89 Å². The van der Waals surface area contributed by atoms with E-state index in [0.29, 0.717) is 0 Å². The van der Waals surface area contributed by atoms with Crippen LogP contribution in [0.4, 0.5) is 6.01 Å². The molecule has 0 aliphatic carbocycles. The second-order valence-corrected chi connectivity index (χ2v) is 2.39. The molecule has 1 unspecified atom stereocenters. The van der Waals surface area contributed by atoms with E-state index in [-0.39, 0.29) is 24.7 Å². The molecule has 0 amide bonds. The standard InChI is InChI=1S/C6H7N4O3/c1-4-10(7-3-12-4)6-9-8-5(2-11)13-6/h4,11H,2H2,1H3. The molecule has 0 spiro atoms. The highest BCUT2D eigenvalue weighted by Crippen LogP contribution is 2.18. The lowest BCUT2D eigenvalue weighted by atomic mass is 10.6. The van der Waals surface area contributed by atoms with Crippen molar-refractivity contribution >= 4 is 12.4 Å². The smallest absolute Gasteiger partial charge is 0.342 e. The van der Waals surface area contributed by atoms with Crippen LogP contribution in [0.5, 0.6) is 0 Å². The summed E-state index contributed by atoms with van der Waals surface area (Å²) in [6.07, 6.45) is 2.00. The molecule has 1 radical (unpaired) electrons. The van der Waals surface area contributed by atoms with Crippen LogP contribution in [0, 0.1) is 0 Å². The van der Waals surface area contributed by atoms with Gasteiger partial charge >= 0.3 is 6.01 Å². The van der Waals surface area contributed by atoms with E-state index in [2.05, 4.69) is 21.7 Å². The molecule has 1 aliphatic rings. The van der Waals surface area contributed by atoms with Crippen LogP contribution in [-0.4, -0.2) is 27.9 Å². The first-order chi connectivity index (χ1) is 6.31. The minimum Gasteiger partial charge on any atom is -0.447 e. The monoisotopic (exact) mass is 183 g/mol. The molecule has 1 aromatic heterocycles. The van der Waals surface area contributed by atoms with Gasteiger partial charge in [0, 0.05) is 0 Å². The van der Waals surface area contributed by atoms with E-state index in [1.54, 1.807) is 6.92 Å². The molecule has 1 atom stereocenters. The molecule has 13 heavy (non-hydrogen) atoms. The third-order valence-electron chi connectivity index (χ3n) is 1.50. The second kappa shape index (κ2) is 3.02. The Labute approximate surface area is 73.6 Å². The first-order valence-corrected chi connectivity index (χ1v) is 3.65. The maximum absolute atomic E-state index is 8.67. The lowest BCUT2D eigenvalue weighted by Gasteiger charge is -2.11. The summed E-state index contributed by atoms with van der Waals surface area (Å²) >= 11 is 0. The second-order valence-electron chi connectivity index (χ2n) is 2.39. The number of ether oxygens (including phenoxy) is 1. The molecule has 7 heteroatoms. The highest BCUT2D eigenvalue weighted by molar-refractivity contribution is 5.53. The fraction of sp³-hybridized carbons (Fsp3) is 0.500. The van der Waals surface area contributed by atoms with Crippen LogP contribution in [0.25, 0.3) is 0 Å². The van der Waals surface area contributed by atoms with Crippen molar-refractivity contribution in [2.45, 2.75) is 19.8 Å². The summed E-state index contributed by atoms with van der Waals surface area (Å²) in [5, 5.41) is 21.0. The van der Waals surface area contributed by atoms with Gasteiger partial charge in [0.15, 0.2) is 6.23 Å². The van der Waals surface area contributed by atoms with Gasteiger partial charge in [-0.2, -0.15) is 5.01 Å². The van der Waals surface area contributed by atoms with Crippen LogP contribution in [0.15, 0.2) is 9.52 Å². The third kappa shape index (κ3) is 1.33. The molecule has 0 saturated heterocycles. The van der Waals surface area contributed by atoms with Gasteiger partial charge in [0.05, 0.1) is 0 Å². The summed E-state index contributed by atoms with van der Waals surface area (Å²) in [5.41, 5.74) is 0. The average molecular weight is 183 g/mol. The predicted octanol–water partition coefficient (Wildman–Crippen LogP) is -0.435. The van der Waals surface area contributed by atoms with Gasteiger partial charge in [-0.1, -0.05) is 5.10 Å². The fourth-order valence-corrected chi connectivity index (χ4v) is 0.875. The molecule has 0 bridgehead atoms. The zero-order valence-electron chi connectivity index (χ0n) is 6.84. The highest BCUT2D eigenvalue weighted by atomic mass is 16.5. The van der Waals surface area contributed by atoms with Gasteiger partial charge in [-0.25, -0.2) is 0 Å². The molecule has 2 heterocycles. The number of anilines is 1. The Morgan fingerprint density at radius 3 is 3.00 bits per heavy atom. The topological polar surface area (TPSA) is 84.0 Å². The molecule has 7 nitrogen and oxygen atoms in total. The number of hydrogen-bond acceptors (Lipinski definition) is 7. The number of aromatic nitrogens is 2. The normalized spacial score (nSPS) is 20.8. The van der Waals surface area contributed by atoms with Crippen molar-refractivity contribution in [2.75, 3.05) is 5.01 Å². The van der Waals surface area contributed by atoms with Crippen LogP contribution >= 0.6 is 0 Å². The first kappa shape index (κ1) is 7.99. The van der Waals surface area contributed by atoms with Crippen LogP contribution in [0.2, 0.25) is 0 Å². The van der Waals surface area contributed by atoms with Gasteiger partial charge in [0.25, 0.3) is 6.40 Å². The Hall–Kier alpha value is -1.63. The van der Waals surface area contributed by atoms with Crippen LogP contribution in [0.3, 0.4) is 0 Å². The zero-order chi connectivity index (χ0) is 9.26. The molecule has 0 aromatic carbocycles. The number of aliphatic hydroxyl groups is 1. The predicted molar refractivity (Wildman–Crippen MR) is 40.7 cm³/mol. The van der Waals surface area contributed by atoms with Gasteiger partial charge in [-0.15, -0.1) is 10.2 Å². The molecule has 0 fully saturated rings. The summed E-state index contributed by atoms with van der Waals surface area (Å²) < 4.78 is 9.91. The van der Waals surface area contributed by atoms with Gasteiger partial charge in [0.1, 0.15) is 6.61 Å². The molecule has 69 valence electrons. The summed E-state index contributed by atoms with van der Waals surface area (Å²) in [7, 11) is 0. The molecule has 1 N–H and O–H groups in total. The molecule has 1 aliphatic heterocycles. The Morgan fingerprint density at radius 1 is 1.62 bits per heavy atom. The molecule has 0 saturated carbocycles. The van der Waals surface area contributed by atoms with Gasteiger partial charge in [-0.3, -0.25) is 0 Å². The van der Waals surface area contributed by atoms with Crippen LogP contribution < -0.4 is 5.01 Å². The maximum Gasteiger partial charge on any atom is 0.342 e. The SMILES string of the molecule is CC1O[C]=NN1c1nnc(CO)o1. The van der Waals surface area contributed by atoms with Crippen molar-refractivity contribution < 1.29 is 14.3 Å². The molecule has 1 aromatic rings. The van der Waals surface area contributed by atoms with Crippen LogP contribution in [0.1, 0.15) is 12.8 Å². The van der Waals surface area contributed by atoms with E-state index in [1.165, 1.54) is 5.01 Å². The third-order valence-corrected chi connectivity index (χ3v) is 1.50. The maximum atomic E-state index is 8.67. The average Bonchev–Trinajstić information content (AvgIpc) is 2.71. The number of hydrogen-bond donors (Lipinski definition) is 1. The first-order valence-electron chi connectivity index (χ1n) is 3.65. The Morgan fingerprint density at radius 2 is 2.46 bits per heavy atom. The van der Waals surface area contributed by atoms with E-state index >= 15 is 0 Å². The Kier molecular flexibility index (Phi) is 1.85. The van der Waals surface area contributed by atoms with Crippen molar-refractivity contribution in [2.24, 2.45) is 5.10 Å². The summed E-state index contributed by atoms with van der Waals surface area (Å²) in [6.45, 7) is 1.47. The molecule has 2 rings (SSSR count). The minimum absolute atomic E-state index is 0.143. The molecular weight excluding hydrogens is 176 g/mol. The van der Waals surface area contributed by atoms with Crippen molar-refractivity contribution in [1.82, 2.24) is 10.2 Å². The number of rotatable bonds is 2. The Bertz CT molecular complexity index is 323. The summed E-state index contributed by atoms with van der Waals surface area (Å²) in [5.74, 6) is 0.143. The minimum atomic E-state index is -0.313. The van der Waals surface area contributed by atoms with E-state index < -0.39 is 0 Å². The largest absolute Gasteiger partial charge is 0.447 e. The lowest BCUT2D eigenvalue weighted by Crippen LogP contribution is -2.24. The summed E-state index contributed by atoms with van der Waals surface area (Å²) in [6, 6.07) is 0.182. The lowest BCUT2D eigenvalue weighted by molar-refractivity contribution is 0.224. The number of aliphatic hydroxyl groups excluding tert-OH is 1. The van der Waals surface area contributed by atoms with E-state index in [4.69, 9.17) is 14.3 Å². The fourth-order valence-electron chi connectivity index (χ4n) is 0.875. The Balaban J connectivity index is 2.20. The van der Waals surface area contributed by atoms with Crippen molar-refractivity contribution in [1.29, 1.82) is 0 Å². The van der Waals surface area contributed by atoms with E-state index in [9.17, 15) is 0 Å². The highest BCUT2D eigenvalue weighted by Gasteiger charge is 2.24. The number of hydrazone groups is 1.